The zero-order chi connectivity index (χ0) is 16.9. The summed E-state index contributed by atoms with van der Waals surface area (Å²) in [4.78, 5) is 4.26. The molecule has 1 aromatic carbocycles. The van der Waals surface area contributed by atoms with Crippen LogP contribution in [0.25, 0.3) is 0 Å². The Labute approximate surface area is 142 Å². The van der Waals surface area contributed by atoms with Crippen molar-refractivity contribution in [1.29, 1.82) is 0 Å². The van der Waals surface area contributed by atoms with Crippen molar-refractivity contribution in [1.82, 2.24) is 4.72 Å². The van der Waals surface area contributed by atoms with Crippen LogP contribution in [-0.4, -0.2) is 27.5 Å². The lowest BCUT2D eigenvalue weighted by Crippen LogP contribution is -2.32. The first kappa shape index (κ1) is 18.0. The van der Waals surface area contributed by atoms with Crippen LogP contribution in [0, 0.1) is 11.8 Å². The van der Waals surface area contributed by atoms with E-state index < -0.39 is 10.0 Å². The van der Waals surface area contributed by atoms with E-state index in [1.807, 2.05) is 0 Å². The molecule has 1 fully saturated rings. The third-order valence-corrected chi connectivity index (χ3v) is 5.82. The average Bonchev–Trinajstić information content (AvgIpc) is 2.52. The van der Waals surface area contributed by atoms with Gasteiger partial charge < -0.3 is 11.5 Å². The molecule has 128 valence electrons. The monoisotopic (exact) mass is 358 g/mol. The molecule has 0 saturated heterocycles. The Hall–Kier alpha value is -1.31. The molecule has 1 aliphatic carbocycles. The lowest BCUT2D eigenvalue weighted by molar-refractivity contribution is 0.280. The number of hydrogen-bond donors (Lipinski definition) is 3. The van der Waals surface area contributed by atoms with Crippen LogP contribution in [0.1, 0.15) is 25.7 Å². The van der Waals surface area contributed by atoms with E-state index in [9.17, 15) is 8.42 Å². The minimum Gasteiger partial charge on any atom is -0.370 e. The largest absolute Gasteiger partial charge is 0.370 e. The van der Waals surface area contributed by atoms with Gasteiger partial charge >= 0.3 is 0 Å². The van der Waals surface area contributed by atoms with Crippen molar-refractivity contribution >= 4 is 27.6 Å². The zero-order valence-corrected chi connectivity index (χ0v) is 14.5. The molecule has 1 aromatic rings. The molecule has 0 heterocycles. The summed E-state index contributed by atoms with van der Waals surface area (Å²) in [6.07, 6.45) is 3.98. The number of guanidine groups is 1. The second-order valence-electron chi connectivity index (χ2n) is 5.96. The quantitative estimate of drug-likeness (QED) is 0.530. The van der Waals surface area contributed by atoms with Crippen LogP contribution in [0.4, 0.5) is 0 Å². The third kappa shape index (κ3) is 5.67. The first-order valence-corrected chi connectivity index (χ1v) is 9.53. The summed E-state index contributed by atoms with van der Waals surface area (Å²) >= 11 is 5.85. The molecule has 2 rings (SSSR count). The van der Waals surface area contributed by atoms with Gasteiger partial charge in [-0.25, -0.2) is 13.1 Å². The highest BCUT2D eigenvalue weighted by atomic mass is 35.5. The number of nitrogens with zero attached hydrogens (tertiary/aromatic N) is 1. The number of nitrogens with two attached hydrogens (primary N) is 2. The predicted octanol–water partition coefficient (Wildman–Crippen LogP) is 1.70. The summed E-state index contributed by atoms with van der Waals surface area (Å²) < 4.78 is 27.2. The van der Waals surface area contributed by atoms with Gasteiger partial charge in [-0.1, -0.05) is 17.7 Å². The minimum atomic E-state index is -3.51. The van der Waals surface area contributed by atoms with Gasteiger partial charge in [-0.2, -0.15) is 0 Å². The summed E-state index contributed by atoms with van der Waals surface area (Å²) in [5.74, 6) is 0.957. The van der Waals surface area contributed by atoms with E-state index in [-0.39, 0.29) is 10.9 Å². The fourth-order valence-electron chi connectivity index (χ4n) is 2.80. The van der Waals surface area contributed by atoms with E-state index in [2.05, 4.69) is 9.71 Å². The van der Waals surface area contributed by atoms with Crippen LogP contribution >= 0.6 is 11.6 Å². The molecule has 8 heteroatoms. The Morgan fingerprint density at radius 2 is 1.87 bits per heavy atom. The van der Waals surface area contributed by atoms with Crippen LogP contribution in [-0.2, 0) is 10.0 Å². The van der Waals surface area contributed by atoms with Gasteiger partial charge in [-0.05, 0) is 55.7 Å². The highest BCUT2D eigenvalue weighted by Crippen LogP contribution is 2.29. The van der Waals surface area contributed by atoms with E-state index in [4.69, 9.17) is 23.1 Å². The molecule has 0 aliphatic heterocycles. The summed E-state index contributed by atoms with van der Waals surface area (Å²) in [7, 11) is -3.51. The first-order valence-electron chi connectivity index (χ1n) is 7.67. The number of hydrogen-bond acceptors (Lipinski definition) is 3. The molecule has 6 nitrogen and oxygen atoms in total. The predicted molar refractivity (Wildman–Crippen MR) is 92.8 cm³/mol. The van der Waals surface area contributed by atoms with Gasteiger partial charge in [-0.15, -0.1) is 0 Å². The number of halogens is 1. The highest BCUT2D eigenvalue weighted by Gasteiger charge is 2.23. The van der Waals surface area contributed by atoms with Gasteiger partial charge in [-0.3, -0.25) is 4.99 Å². The van der Waals surface area contributed by atoms with E-state index in [0.717, 1.165) is 25.7 Å². The first-order chi connectivity index (χ1) is 10.9. The standard InChI is InChI=1S/C15H23ClN4O2S/c16-13-2-1-3-14(8-13)23(21,22)20-10-12-6-4-11(5-7-12)9-19-15(17)18/h1-3,8,11-12,20H,4-7,9-10H2,(H4,17,18,19). The Bertz CT molecular complexity index is 651. The van der Waals surface area contributed by atoms with Crippen LogP contribution in [0.5, 0.6) is 0 Å². The minimum absolute atomic E-state index is 0.126. The molecule has 0 unspecified atom stereocenters. The Morgan fingerprint density at radius 1 is 1.22 bits per heavy atom. The summed E-state index contributed by atoms with van der Waals surface area (Å²) in [6.45, 7) is 1.10. The molecule has 0 radical (unpaired) electrons. The summed E-state index contributed by atoms with van der Waals surface area (Å²) in [5, 5.41) is 0.410. The van der Waals surface area contributed by atoms with Crippen molar-refractivity contribution in [2.45, 2.75) is 30.6 Å². The molecule has 5 N–H and O–H groups in total. The van der Waals surface area contributed by atoms with Crippen molar-refractivity contribution < 1.29 is 8.42 Å². The van der Waals surface area contributed by atoms with Crippen LogP contribution in [0.2, 0.25) is 5.02 Å². The summed E-state index contributed by atoms with van der Waals surface area (Å²) in [5.41, 5.74) is 10.7. The number of nitrogens with one attached hydrogen (secondary N) is 1. The van der Waals surface area contributed by atoms with Crippen LogP contribution in [0.15, 0.2) is 34.2 Å². The lowest BCUT2D eigenvalue weighted by Gasteiger charge is -2.27. The molecular formula is C15H23ClN4O2S. The third-order valence-electron chi connectivity index (χ3n) is 4.17. The Balaban J connectivity index is 1.82. The summed E-state index contributed by atoms with van der Waals surface area (Å²) in [6, 6.07) is 6.28. The second-order valence-corrected chi connectivity index (χ2v) is 8.16. The maximum Gasteiger partial charge on any atom is 0.240 e. The van der Waals surface area contributed by atoms with Gasteiger partial charge in [0, 0.05) is 18.1 Å². The molecule has 0 aromatic heterocycles. The number of benzene rings is 1. The van der Waals surface area contributed by atoms with Gasteiger partial charge in [0.2, 0.25) is 10.0 Å². The molecule has 0 bridgehead atoms. The Morgan fingerprint density at radius 3 is 2.48 bits per heavy atom. The fraction of sp³-hybridized carbons (Fsp3) is 0.533. The molecular weight excluding hydrogens is 336 g/mol. The van der Waals surface area contributed by atoms with Crippen LogP contribution in [0.3, 0.4) is 0 Å². The molecule has 1 aliphatic rings. The van der Waals surface area contributed by atoms with E-state index in [1.165, 1.54) is 6.07 Å². The van der Waals surface area contributed by atoms with E-state index in [0.29, 0.717) is 29.9 Å². The van der Waals surface area contributed by atoms with Crippen molar-refractivity contribution in [3.05, 3.63) is 29.3 Å². The molecule has 0 spiro atoms. The maximum atomic E-state index is 12.3. The Kier molecular flexibility index (Phi) is 6.26. The normalized spacial score (nSPS) is 21.8. The van der Waals surface area contributed by atoms with Gasteiger partial charge in [0.15, 0.2) is 5.96 Å². The van der Waals surface area contributed by atoms with E-state index in [1.54, 1.807) is 18.2 Å². The van der Waals surface area contributed by atoms with E-state index >= 15 is 0 Å². The topological polar surface area (TPSA) is 111 Å². The van der Waals surface area contributed by atoms with Crippen molar-refractivity contribution in [3.63, 3.8) is 0 Å². The highest BCUT2D eigenvalue weighted by molar-refractivity contribution is 7.89. The number of sulfonamides is 1. The fourth-order valence-corrected chi connectivity index (χ4v) is 4.21. The van der Waals surface area contributed by atoms with Crippen LogP contribution < -0.4 is 16.2 Å². The molecule has 23 heavy (non-hydrogen) atoms. The van der Waals surface area contributed by atoms with Crippen molar-refractivity contribution in [3.8, 4) is 0 Å². The maximum absolute atomic E-state index is 12.3. The van der Waals surface area contributed by atoms with Gasteiger partial charge in [0.1, 0.15) is 0 Å². The number of aliphatic imine (C=N–C) groups is 1. The van der Waals surface area contributed by atoms with Crippen molar-refractivity contribution in [2.75, 3.05) is 13.1 Å². The van der Waals surface area contributed by atoms with Gasteiger partial charge in [0.25, 0.3) is 0 Å². The molecule has 1 saturated carbocycles. The smallest absolute Gasteiger partial charge is 0.240 e. The molecule has 0 atom stereocenters. The van der Waals surface area contributed by atoms with Crippen molar-refractivity contribution in [2.24, 2.45) is 28.3 Å². The zero-order valence-electron chi connectivity index (χ0n) is 12.9. The molecule has 0 amide bonds. The second kappa shape index (κ2) is 7.99. The van der Waals surface area contributed by atoms with Gasteiger partial charge in [0.05, 0.1) is 4.90 Å². The average molecular weight is 359 g/mol. The lowest BCUT2D eigenvalue weighted by atomic mass is 9.82. The SMILES string of the molecule is NC(N)=NCC1CCC(CNS(=O)(=O)c2cccc(Cl)c2)CC1. The number of rotatable bonds is 6.